The summed E-state index contributed by atoms with van der Waals surface area (Å²) in [5.41, 5.74) is 1.48. The summed E-state index contributed by atoms with van der Waals surface area (Å²) in [5, 5.41) is 10.1. The van der Waals surface area contributed by atoms with Gasteiger partial charge in [-0.2, -0.15) is 0 Å². The Morgan fingerprint density at radius 2 is 1.84 bits per heavy atom. The second kappa shape index (κ2) is 5.75. The molecule has 0 heterocycles. The molecule has 2 aromatic rings. The van der Waals surface area contributed by atoms with Crippen molar-refractivity contribution in [3.63, 3.8) is 0 Å². The van der Waals surface area contributed by atoms with Crippen LogP contribution in [0.4, 0.5) is 0 Å². The van der Waals surface area contributed by atoms with Gasteiger partial charge in [0.15, 0.2) is 0 Å². The molecule has 0 aliphatic carbocycles. The van der Waals surface area contributed by atoms with Crippen LogP contribution < -0.4 is 0 Å². The number of carbonyl (C=O) groups excluding carboxylic acids is 1. The van der Waals surface area contributed by atoms with Gasteiger partial charge < -0.3 is 9.84 Å². The minimum Gasteiger partial charge on any atom is -0.507 e. The summed E-state index contributed by atoms with van der Waals surface area (Å²) >= 11 is 6.63. The van der Waals surface area contributed by atoms with Gasteiger partial charge in [0.05, 0.1) is 12.7 Å². The normalized spacial score (nSPS) is 10.3. The summed E-state index contributed by atoms with van der Waals surface area (Å²) in [7, 11) is 1.31. The molecule has 0 unspecified atom stereocenters. The van der Waals surface area contributed by atoms with Crippen LogP contribution in [0.5, 0.6) is 5.75 Å². The summed E-state index contributed by atoms with van der Waals surface area (Å²) in [6.07, 6.45) is 0. The Balaban J connectivity index is 2.79. The van der Waals surface area contributed by atoms with E-state index in [1.807, 2.05) is 30.3 Å². The highest BCUT2D eigenvalue weighted by Crippen LogP contribution is 2.41. The van der Waals surface area contributed by atoms with E-state index in [2.05, 4.69) is 31.9 Å². The number of aromatic hydroxyl groups is 1. The standard InChI is InChI=1S/C14H10Br2O3/c1-19-14(18)12-11(8-5-3-2-4-6-8)10(17)7-9(15)13(12)16/h2-7,17H,1H3. The number of phenolic OH excluding ortho intramolecular Hbond substituents is 1. The predicted octanol–water partition coefficient (Wildman–Crippen LogP) is 4.37. The van der Waals surface area contributed by atoms with Crippen molar-refractivity contribution in [2.75, 3.05) is 7.11 Å². The number of halogens is 2. The van der Waals surface area contributed by atoms with Crippen LogP contribution in [0.15, 0.2) is 45.3 Å². The number of benzene rings is 2. The van der Waals surface area contributed by atoms with Crippen molar-refractivity contribution in [3.8, 4) is 16.9 Å². The lowest BCUT2D eigenvalue weighted by Crippen LogP contribution is -2.05. The average Bonchev–Trinajstić information content (AvgIpc) is 2.42. The lowest BCUT2D eigenvalue weighted by atomic mass is 9.98. The third-order valence-electron chi connectivity index (χ3n) is 2.65. The highest BCUT2D eigenvalue weighted by atomic mass is 79.9. The van der Waals surface area contributed by atoms with E-state index in [9.17, 15) is 9.90 Å². The van der Waals surface area contributed by atoms with Crippen LogP contribution in [0.25, 0.3) is 11.1 Å². The molecule has 2 rings (SSSR count). The summed E-state index contributed by atoms with van der Waals surface area (Å²) in [4.78, 5) is 11.9. The van der Waals surface area contributed by atoms with Crippen molar-refractivity contribution in [3.05, 3.63) is 50.9 Å². The lowest BCUT2D eigenvalue weighted by Gasteiger charge is -2.13. The number of phenols is 1. The van der Waals surface area contributed by atoms with Crippen LogP contribution in [0, 0.1) is 0 Å². The Labute approximate surface area is 127 Å². The molecule has 0 radical (unpaired) electrons. The molecule has 0 fully saturated rings. The average molecular weight is 386 g/mol. The third-order valence-corrected chi connectivity index (χ3v) is 4.63. The highest BCUT2D eigenvalue weighted by molar-refractivity contribution is 9.13. The molecule has 0 bridgehead atoms. The molecular weight excluding hydrogens is 376 g/mol. The summed E-state index contributed by atoms with van der Waals surface area (Å²) in [6.45, 7) is 0. The van der Waals surface area contributed by atoms with Gasteiger partial charge >= 0.3 is 5.97 Å². The van der Waals surface area contributed by atoms with Gasteiger partial charge in [-0.25, -0.2) is 4.79 Å². The summed E-state index contributed by atoms with van der Waals surface area (Å²) in [6, 6.07) is 10.7. The molecule has 0 aromatic heterocycles. The zero-order valence-electron chi connectivity index (χ0n) is 9.98. The Morgan fingerprint density at radius 3 is 2.42 bits per heavy atom. The zero-order chi connectivity index (χ0) is 14.0. The van der Waals surface area contributed by atoms with E-state index in [1.54, 1.807) is 6.07 Å². The predicted molar refractivity (Wildman–Crippen MR) is 80.3 cm³/mol. The van der Waals surface area contributed by atoms with Crippen LogP contribution >= 0.6 is 31.9 Å². The van der Waals surface area contributed by atoms with Crippen molar-refractivity contribution < 1.29 is 14.6 Å². The molecule has 5 heteroatoms. The Bertz CT molecular complexity index is 624. The summed E-state index contributed by atoms with van der Waals surface area (Å²) in [5.74, 6) is -0.496. The number of carbonyl (C=O) groups is 1. The fourth-order valence-electron chi connectivity index (χ4n) is 1.80. The molecule has 98 valence electrons. The quantitative estimate of drug-likeness (QED) is 0.780. The molecule has 19 heavy (non-hydrogen) atoms. The monoisotopic (exact) mass is 384 g/mol. The number of hydrogen-bond donors (Lipinski definition) is 1. The molecule has 0 aliphatic rings. The fourth-order valence-corrected chi connectivity index (χ4v) is 2.69. The van der Waals surface area contributed by atoms with Crippen LogP contribution in [-0.2, 0) is 4.74 Å². The molecule has 0 amide bonds. The van der Waals surface area contributed by atoms with Crippen molar-refractivity contribution in [2.45, 2.75) is 0 Å². The van der Waals surface area contributed by atoms with E-state index in [4.69, 9.17) is 4.74 Å². The Hall–Kier alpha value is -1.33. The van der Waals surface area contributed by atoms with Gasteiger partial charge in [0, 0.05) is 14.5 Å². The molecule has 0 spiro atoms. The zero-order valence-corrected chi connectivity index (χ0v) is 13.2. The summed E-state index contributed by atoms with van der Waals surface area (Å²) < 4.78 is 5.93. The maximum absolute atomic E-state index is 11.9. The van der Waals surface area contributed by atoms with Gasteiger partial charge in [0.25, 0.3) is 0 Å². The van der Waals surface area contributed by atoms with Crippen molar-refractivity contribution >= 4 is 37.8 Å². The highest BCUT2D eigenvalue weighted by Gasteiger charge is 2.22. The molecular formula is C14H10Br2O3. The van der Waals surface area contributed by atoms with Gasteiger partial charge in [-0.15, -0.1) is 0 Å². The number of esters is 1. The van der Waals surface area contributed by atoms with Gasteiger partial charge in [-0.1, -0.05) is 30.3 Å². The number of methoxy groups -OCH3 is 1. The van der Waals surface area contributed by atoms with Crippen molar-refractivity contribution in [1.82, 2.24) is 0 Å². The molecule has 0 saturated carbocycles. The molecule has 3 nitrogen and oxygen atoms in total. The maximum Gasteiger partial charge on any atom is 0.339 e. The Morgan fingerprint density at radius 1 is 1.21 bits per heavy atom. The van der Waals surface area contributed by atoms with Crippen LogP contribution in [0.2, 0.25) is 0 Å². The van der Waals surface area contributed by atoms with Crippen LogP contribution in [0.3, 0.4) is 0 Å². The van der Waals surface area contributed by atoms with E-state index >= 15 is 0 Å². The van der Waals surface area contributed by atoms with Gasteiger partial charge in [0.2, 0.25) is 0 Å². The van der Waals surface area contributed by atoms with E-state index in [0.717, 1.165) is 5.56 Å². The van der Waals surface area contributed by atoms with Gasteiger partial charge in [0.1, 0.15) is 5.75 Å². The third kappa shape index (κ3) is 2.67. The minimum absolute atomic E-state index is 0.0154. The van der Waals surface area contributed by atoms with E-state index in [1.165, 1.54) is 7.11 Å². The van der Waals surface area contributed by atoms with Gasteiger partial charge in [-0.05, 0) is 43.5 Å². The second-order valence-corrected chi connectivity index (χ2v) is 5.45. The first-order chi connectivity index (χ1) is 9.06. The topological polar surface area (TPSA) is 46.5 Å². The fraction of sp³-hybridized carbons (Fsp3) is 0.0714. The molecule has 0 atom stereocenters. The lowest BCUT2D eigenvalue weighted by molar-refractivity contribution is 0.0600. The van der Waals surface area contributed by atoms with E-state index in [0.29, 0.717) is 20.1 Å². The van der Waals surface area contributed by atoms with Crippen LogP contribution in [0.1, 0.15) is 10.4 Å². The molecule has 2 aromatic carbocycles. The Kier molecular flexibility index (Phi) is 4.27. The van der Waals surface area contributed by atoms with Crippen LogP contribution in [-0.4, -0.2) is 18.2 Å². The second-order valence-electron chi connectivity index (χ2n) is 3.80. The van der Waals surface area contributed by atoms with E-state index < -0.39 is 5.97 Å². The molecule has 1 N–H and O–H groups in total. The SMILES string of the molecule is COC(=O)c1c(Br)c(Br)cc(O)c1-c1ccccc1. The molecule has 0 saturated heterocycles. The largest absolute Gasteiger partial charge is 0.507 e. The number of hydrogen-bond acceptors (Lipinski definition) is 3. The first-order valence-corrected chi connectivity index (χ1v) is 6.99. The molecule has 0 aliphatic heterocycles. The number of rotatable bonds is 2. The first-order valence-electron chi connectivity index (χ1n) is 5.41. The first kappa shape index (κ1) is 14.1. The number of ether oxygens (including phenoxy) is 1. The van der Waals surface area contributed by atoms with Crippen molar-refractivity contribution in [1.29, 1.82) is 0 Å². The maximum atomic E-state index is 11.9. The van der Waals surface area contributed by atoms with E-state index in [-0.39, 0.29) is 5.75 Å². The smallest absolute Gasteiger partial charge is 0.339 e. The van der Waals surface area contributed by atoms with Crippen molar-refractivity contribution in [2.24, 2.45) is 0 Å². The van der Waals surface area contributed by atoms with Gasteiger partial charge in [-0.3, -0.25) is 0 Å². The minimum atomic E-state index is -0.512.